The summed E-state index contributed by atoms with van der Waals surface area (Å²) in [6.45, 7) is -0.429. The fraction of sp³-hybridized carbons (Fsp3) is 0.364. The lowest BCUT2D eigenvalue weighted by atomic mass is 9.78. The molecule has 0 spiro atoms. The van der Waals surface area contributed by atoms with Crippen molar-refractivity contribution >= 4 is 24.2 Å². The smallest absolute Gasteiger partial charge is 0.465 e. The van der Waals surface area contributed by atoms with E-state index in [9.17, 15) is 19.9 Å². The van der Waals surface area contributed by atoms with E-state index in [4.69, 9.17) is 5.11 Å². The van der Waals surface area contributed by atoms with E-state index in [0.717, 1.165) is 0 Å². The highest BCUT2D eigenvalue weighted by atomic mass is 16.5. The van der Waals surface area contributed by atoms with Gasteiger partial charge in [-0.05, 0) is 12.1 Å². The minimum atomic E-state index is -1.72. The van der Waals surface area contributed by atoms with E-state index in [-0.39, 0.29) is 23.3 Å². The number of benzene rings is 1. The lowest BCUT2D eigenvalue weighted by Gasteiger charge is -2.15. The maximum absolute atomic E-state index is 11.4. The highest BCUT2D eigenvalue weighted by molar-refractivity contribution is 6.60. The van der Waals surface area contributed by atoms with Crippen LogP contribution in [-0.2, 0) is 4.74 Å². The van der Waals surface area contributed by atoms with Gasteiger partial charge in [-0.2, -0.15) is 0 Å². The molecular weight excluding hydrogens is 253 g/mol. The van der Waals surface area contributed by atoms with Crippen molar-refractivity contribution in [3.05, 3.63) is 23.8 Å². The topological polar surface area (TPSA) is 119 Å². The lowest BCUT2D eigenvalue weighted by Crippen LogP contribution is -2.34. The molecule has 0 aliphatic heterocycles. The van der Waals surface area contributed by atoms with E-state index in [1.54, 1.807) is 0 Å². The molecule has 104 valence electrons. The Morgan fingerprint density at radius 1 is 1.47 bits per heavy atom. The fourth-order valence-electron chi connectivity index (χ4n) is 1.47. The van der Waals surface area contributed by atoms with E-state index >= 15 is 0 Å². The van der Waals surface area contributed by atoms with Crippen molar-refractivity contribution in [2.75, 3.05) is 25.6 Å². The molecule has 0 radical (unpaired) electrons. The third-order valence-electron chi connectivity index (χ3n) is 2.49. The number of carbonyl (C=O) groups excluding carboxylic acids is 1. The Balaban J connectivity index is 2.98. The first kappa shape index (κ1) is 15.5. The third-order valence-corrected chi connectivity index (χ3v) is 2.49. The first-order valence-electron chi connectivity index (χ1n) is 5.60. The summed E-state index contributed by atoms with van der Waals surface area (Å²) in [5, 5.41) is 39.1. The largest absolute Gasteiger partial charge is 0.490 e. The van der Waals surface area contributed by atoms with Crippen molar-refractivity contribution < 1.29 is 29.8 Å². The summed E-state index contributed by atoms with van der Waals surface area (Å²) in [5.74, 6) is -0.565. The molecule has 1 aromatic rings. The molecule has 1 rings (SSSR count). The Morgan fingerprint density at radius 3 is 2.68 bits per heavy atom. The minimum absolute atomic E-state index is 0.000839. The van der Waals surface area contributed by atoms with Crippen LogP contribution >= 0.6 is 0 Å². The molecule has 1 aromatic carbocycles. The number of methoxy groups -OCH3 is 1. The molecule has 0 aliphatic rings. The predicted molar refractivity (Wildman–Crippen MR) is 69.2 cm³/mol. The van der Waals surface area contributed by atoms with Gasteiger partial charge in [0.05, 0.1) is 25.4 Å². The van der Waals surface area contributed by atoms with Gasteiger partial charge in [0.15, 0.2) is 0 Å². The Kier molecular flexibility index (Phi) is 5.77. The van der Waals surface area contributed by atoms with Crippen molar-refractivity contribution in [3.63, 3.8) is 0 Å². The molecule has 1 atom stereocenters. The Labute approximate surface area is 110 Å². The van der Waals surface area contributed by atoms with Crippen LogP contribution in [0.1, 0.15) is 10.4 Å². The standard InChI is InChI=1S/C11H16BNO6/c1-19-11(16)7-2-3-9(12(17)18)10(4-7)13-5-8(15)6-14/h2-4,8,13-15,17-18H,5-6H2,1H3. The number of anilines is 1. The number of hydrogen-bond acceptors (Lipinski definition) is 7. The van der Waals surface area contributed by atoms with Crippen molar-refractivity contribution in [1.29, 1.82) is 0 Å². The SMILES string of the molecule is COC(=O)c1ccc(B(O)O)c(NCC(O)CO)c1. The predicted octanol–water partition coefficient (Wildman–Crippen LogP) is -2.08. The van der Waals surface area contributed by atoms with Crippen LogP contribution in [0.5, 0.6) is 0 Å². The van der Waals surface area contributed by atoms with Gasteiger partial charge >= 0.3 is 13.1 Å². The molecule has 0 heterocycles. The van der Waals surface area contributed by atoms with E-state index in [2.05, 4.69) is 10.1 Å². The van der Waals surface area contributed by atoms with Crippen LogP contribution in [0.3, 0.4) is 0 Å². The van der Waals surface area contributed by atoms with Gasteiger partial charge in [-0.1, -0.05) is 6.07 Å². The van der Waals surface area contributed by atoms with Crippen LogP contribution < -0.4 is 10.8 Å². The summed E-state index contributed by atoms with van der Waals surface area (Å²) >= 11 is 0. The first-order valence-corrected chi connectivity index (χ1v) is 5.60. The van der Waals surface area contributed by atoms with Gasteiger partial charge in [0.1, 0.15) is 0 Å². The number of carbonyl (C=O) groups is 1. The Hall–Kier alpha value is -1.61. The molecule has 0 saturated carbocycles. The number of aliphatic hydroxyl groups is 2. The zero-order valence-corrected chi connectivity index (χ0v) is 10.4. The molecular formula is C11H16BNO6. The molecule has 5 N–H and O–H groups in total. The summed E-state index contributed by atoms with van der Waals surface area (Å²) in [5.41, 5.74) is 0.649. The average molecular weight is 269 g/mol. The number of rotatable bonds is 6. The number of ether oxygens (including phenoxy) is 1. The van der Waals surface area contributed by atoms with Gasteiger partial charge in [-0.15, -0.1) is 0 Å². The summed E-state index contributed by atoms with van der Waals surface area (Å²) in [4.78, 5) is 11.4. The molecule has 0 amide bonds. The maximum Gasteiger partial charge on any atom is 0.490 e. The van der Waals surface area contributed by atoms with Crippen molar-refractivity contribution in [2.45, 2.75) is 6.10 Å². The molecule has 0 bridgehead atoms. The molecule has 1 unspecified atom stereocenters. The quantitative estimate of drug-likeness (QED) is 0.297. The monoisotopic (exact) mass is 269 g/mol. The summed E-state index contributed by atoms with van der Waals surface area (Å²) in [6.07, 6.45) is -0.995. The van der Waals surface area contributed by atoms with Gasteiger partial charge in [-0.3, -0.25) is 0 Å². The molecule has 7 nitrogen and oxygen atoms in total. The van der Waals surface area contributed by atoms with Crippen molar-refractivity contribution in [3.8, 4) is 0 Å². The Bertz CT molecular complexity index is 439. The van der Waals surface area contributed by atoms with Crippen LogP contribution in [0.25, 0.3) is 0 Å². The van der Waals surface area contributed by atoms with Crippen LogP contribution in [-0.4, -0.2) is 59.7 Å². The van der Waals surface area contributed by atoms with Crippen LogP contribution in [0, 0.1) is 0 Å². The van der Waals surface area contributed by atoms with E-state index < -0.39 is 25.8 Å². The summed E-state index contributed by atoms with van der Waals surface area (Å²) in [7, 11) is -0.486. The second-order valence-corrected chi connectivity index (χ2v) is 3.88. The average Bonchev–Trinajstić information content (AvgIpc) is 2.43. The van der Waals surface area contributed by atoms with E-state index in [1.165, 1.54) is 25.3 Å². The van der Waals surface area contributed by atoms with Crippen LogP contribution in [0.15, 0.2) is 18.2 Å². The van der Waals surface area contributed by atoms with Crippen LogP contribution in [0.4, 0.5) is 5.69 Å². The molecule has 0 aliphatic carbocycles. The number of aliphatic hydroxyl groups excluding tert-OH is 2. The molecule has 8 heteroatoms. The molecule has 0 saturated heterocycles. The van der Waals surface area contributed by atoms with Gasteiger partial charge in [-0.25, -0.2) is 4.79 Å². The van der Waals surface area contributed by atoms with E-state index in [0.29, 0.717) is 0 Å². The highest BCUT2D eigenvalue weighted by Gasteiger charge is 2.18. The van der Waals surface area contributed by atoms with Crippen LogP contribution in [0.2, 0.25) is 0 Å². The van der Waals surface area contributed by atoms with E-state index in [1.807, 2.05) is 0 Å². The zero-order valence-electron chi connectivity index (χ0n) is 10.4. The van der Waals surface area contributed by atoms with Gasteiger partial charge in [0, 0.05) is 17.7 Å². The van der Waals surface area contributed by atoms with Crippen molar-refractivity contribution in [2.24, 2.45) is 0 Å². The van der Waals surface area contributed by atoms with Gasteiger partial charge in [0.25, 0.3) is 0 Å². The first-order chi connectivity index (χ1) is 8.99. The zero-order chi connectivity index (χ0) is 14.4. The van der Waals surface area contributed by atoms with Gasteiger partial charge in [0.2, 0.25) is 0 Å². The third kappa shape index (κ3) is 4.21. The van der Waals surface area contributed by atoms with Gasteiger partial charge < -0.3 is 30.3 Å². The normalized spacial score (nSPS) is 11.8. The summed E-state index contributed by atoms with van der Waals surface area (Å²) < 4.78 is 4.56. The second-order valence-electron chi connectivity index (χ2n) is 3.88. The minimum Gasteiger partial charge on any atom is -0.465 e. The fourth-order valence-corrected chi connectivity index (χ4v) is 1.47. The number of nitrogens with one attached hydrogen (secondary N) is 1. The van der Waals surface area contributed by atoms with Crippen molar-refractivity contribution in [1.82, 2.24) is 0 Å². The molecule has 0 fully saturated rings. The summed E-state index contributed by atoms with van der Waals surface area (Å²) in [6, 6.07) is 4.14. The molecule has 0 aromatic heterocycles. The Morgan fingerprint density at radius 2 is 2.16 bits per heavy atom. The number of hydrogen-bond donors (Lipinski definition) is 5. The number of esters is 1. The molecule has 19 heavy (non-hydrogen) atoms. The highest BCUT2D eigenvalue weighted by Crippen LogP contribution is 2.10. The second kappa shape index (κ2) is 7.10. The lowest BCUT2D eigenvalue weighted by molar-refractivity contribution is 0.0601. The maximum atomic E-state index is 11.4.